The topological polar surface area (TPSA) is 18.5 Å². The summed E-state index contributed by atoms with van der Waals surface area (Å²) in [5.41, 5.74) is 1.27. The predicted octanol–water partition coefficient (Wildman–Crippen LogP) is 3.09. The summed E-state index contributed by atoms with van der Waals surface area (Å²) in [7, 11) is 0. The Bertz CT molecular complexity index is 344. The van der Waals surface area contributed by atoms with E-state index in [0.717, 1.165) is 17.9 Å². The number of ether oxygens (including phenoxy) is 2. The Hall–Kier alpha value is -1.44. The second-order valence-corrected chi connectivity index (χ2v) is 3.54. The lowest BCUT2D eigenvalue weighted by molar-refractivity contribution is 0.174. The molecule has 0 saturated heterocycles. The third-order valence-electron chi connectivity index (χ3n) is 2.49. The van der Waals surface area contributed by atoms with E-state index in [-0.39, 0.29) is 0 Å². The van der Waals surface area contributed by atoms with Gasteiger partial charge in [-0.2, -0.15) is 0 Å². The van der Waals surface area contributed by atoms with E-state index in [1.165, 1.54) is 5.56 Å². The van der Waals surface area contributed by atoms with Crippen LogP contribution in [0.15, 0.2) is 30.9 Å². The van der Waals surface area contributed by atoms with Gasteiger partial charge >= 0.3 is 0 Å². The van der Waals surface area contributed by atoms with Crippen LogP contribution in [0.1, 0.15) is 24.8 Å². The van der Waals surface area contributed by atoms with Gasteiger partial charge in [0.1, 0.15) is 0 Å². The molecule has 0 spiro atoms. The Morgan fingerprint density at radius 1 is 1.43 bits per heavy atom. The van der Waals surface area contributed by atoms with Crippen LogP contribution in [-0.4, -0.2) is 6.79 Å². The second-order valence-electron chi connectivity index (χ2n) is 3.54. The summed E-state index contributed by atoms with van der Waals surface area (Å²) in [5.74, 6) is 2.19. The number of hydrogen-bond acceptors (Lipinski definition) is 2. The maximum absolute atomic E-state index is 5.32. The van der Waals surface area contributed by atoms with Crippen LogP contribution in [-0.2, 0) is 0 Å². The summed E-state index contributed by atoms with van der Waals surface area (Å²) >= 11 is 0. The van der Waals surface area contributed by atoms with Crippen LogP contribution < -0.4 is 9.47 Å². The summed E-state index contributed by atoms with van der Waals surface area (Å²) < 4.78 is 10.6. The Labute approximate surface area is 84.2 Å². The van der Waals surface area contributed by atoms with Gasteiger partial charge in [0.15, 0.2) is 11.5 Å². The van der Waals surface area contributed by atoms with Crippen molar-refractivity contribution < 1.29 is 9.47 Å². The van der Waals surface area contributed by atoms with Crippen molar-refractivity contribution in [3.63, 3.8) is 0 Å². The SMILES string of the molecule is C=CCC(C)c1ccc2c(c1)OCO2. The fourth-order valence-electron chi connectivity index (χ4n) is 1.61. The molecule has 0 radical (unpaired) electrons. The molecule has 1 unspecified atom stereocenters. The molecular formula is C12H14O2. The highest BCUT2D eigenvalue weighted by molar-refractivity contribution is 5.45. The minimum absolute atomic E-state index is 0.342. The molecule has 2 nitrogen and oxygen atoms in total. The van der Waals surface area contributed by atoms with Crippen molar-refractivity contribution in [3.05, 3.63) is 36.4 Å². The van der Waals surface area contributed by atoms with Gasteiger partial charge in [0, 0.05) is 0 Å². The minimum atomic E-state index is 0.342. The van der Waals surface area contributed by atoms with Crippen LogP contribution >= 0.6 is 0 Å². The van der Waals surface area contributed by atoms with E-state index in [4.69, 9.17) is 9.47 Å². The molecule has 14 heavy (non-hydrogen) atoms. The van der Waals surface area contributed by atoms with Crippen molar-refractivity contribution >= 4 is 0 Å². The molecule has 1 heterocycles. The predicted molar refractivity (Wildman–Crippen MR) is 55.8 cm³/mol. The van der Waals surface area contributed by atoms with Crippen molar-refractivity contribution in [2.24, 2.45) is 0 Å². The summed E-state index contributed by atoms with van der Waals surface area (Å²) in [6.45, 7) is 6.26. The summed E-state index contributed by atoms with van der Waals surface area (Å²) in [5, 5.41) is 0. The van der Waals surface area contributed by atoms with Crippen LogP contribution in [0.5, 0.6) is 11.5 Å². The van der Waals surface area contributed by atoms with Gasteiger partial charge in [-0.3, -0.25) is 0 Å². The Morgan fingerprint density at radius 3 is 3.00 bits per heavy atom. The number of allylic oxidation sites excluding steroid dienone is 1. The van der Waals surface area contributed by atoms with Crippen molar-refractivity contribution in [1.82, 2.24) is 0 Å². The highest BCUT2D eigenvalue weighted by atomic mass is 16.7. The standard InChI is InChI=1S/C12H14O2/c1-3-4-9(2)10-5-6-11-12(7-10)14-8-13-11/h3,5-7,9H,1,4,8H2,2H3. The molecule has 0 aliphatic carbocycles. The first kappa shape index (κ1) is 9.13. The van der Waals surface area contributed by atoms with E-state index in [9.17, 15) is 0 Å². The molecule has 1 aliphatic rings. The zero-order valence-corrected chi connectivity index (χ0v) is 8.32. The zero-order valence-electron chi connectivity index (χ0n) is 8.32. The van der Waals surface area contributed by atoms with E-state index in [0.29, 0.717) is 12.7 Å². The zero-order chi connectivity index (χ0) is 9.97. The number of hydrogen-bond donors (Lipinski definition) is 0. The first-order valence-electron chi connectivity index (χ1n) is 4.81. The fourth-order valence-corrected chi connectivity index (χ4v) is 1.61. The van der Waals surface area contributed by atoms with Crippen LogP contribution in [0.4, 0.5) is 0 Å². The molecule has 0 aromatic heterocycles. The van der Waals surface area contributed by atoms with Gasteiger partial charge in [-0.15, -0.1) is 6.58 Å². The monoisotopic (exact) mass is 190 g/mol. The molecular weight excluding hydrogens is 176 g/mol. The molecule has 2 heteroatoms. The van der Waals surface area contributed by atoms with Gasteiger partial charge in [-0.05, 0) is 30.0 Å². The maximum atomic E-state index is 5.32. The lowest BCUT2D eigenvalue weighted by Gasteiger charge is -2.09. The lowest BCUT2D eigenvalue weighted by Crippen LogP contribution is -1.93. The average molecular weight is 190 g/mol. The van der Waals surface area contributed by atoms with Crippen LogP contribution in [0.2, 0.25) is 0 Å². The quantitative estimate of drug-likeness (QED) is 0.682. The van der Waals surface area contributed by atoms with Crippen LogP contribution in [0.3, 0.4) is 0 Å². The van der Waals surface area contributed by atoms with Gasteiger partial charge in [0.25, 0.3) is 0 Å². The van der Waals surface area contributed by atoms with E-state index in [1.54, 1.807) is 0 Å². The van der Waals surface area contributed by atoms with E-state index < -0.39 is 0 Å². The summed E-state index contributed by atoms with van der Waals surface area (Å²) in [6.07, 6.45) is 2.93. The molecule has 0 bridgehead atoms. The molecule has 1 aromatic carbocycles. The number of benzene rings is 1. The molecule has 1 aliphatic heterocycles. The molecule has 0 N–H and O–H groups in total. The van der Waals surface area contributed by atoms with E-state index in [1.807, 2.05) is 12.1 Å². The second kappa shape index (κ2) is 3.74. The van der Waals surface area contributed by atoms with Gasteiger partial charge in [0.05, 0.1) is 0 Å². The number of fused-ring (bicyclic) bond motifs is 1. The van der Waals surface area contributed by atoms with Crippen LogP contribution in [0.25, 0.3) is 0 Å². The Morgan fingerprint density at radius 2 is 2.21 bits per heavy atom. The van der Waals surface area contributed by atoms with Crippen molar-refractivity contribution in [3.8, 4) is 11.5 Å². The Balaban J connectivity index is 2.23. The molecule has 0 saturated carbocycles. The van der Waals surface area contributed by atoms with E-state index in [2.05, 4.69) is 25.6 Å². The molecule has 74 valence electrons. The van der Waals surface area contributed by atoms with Gasteiger partial charge in [-0.25, -0.2) is 0 Å². The van der Waals surface area contributed by atoms with Crippen LogP contribution in [0, 0.1) is 0 Å². The summed E-state index contributed by atoms with van der Waals surface area (Å²) in [6, 6.07) is 6.11. The molecule has 0 amide bonds. The number of rotatable bonds is 3. The molecule has 0 fully saturated rings. The summed E-state index contributed by atoms with van der Waals surface area (Å²) in [4.78, 5) is 0. The van der Waals surface area contributed by atoms with Crippen molar-refractivity contribution in [2.75, 3.05) is 6.79 Å². The third kappa shape index (κ3) is 1.60. The van der Waals surface area contributed by atoms with Crippen molar-refractivity contribution in [2.45, 2.75) is 19.3 Å². The Kier molecular flexibility index (Phi) is 2.44. The largest absolute Gasteiger partial charge is 0.454 e. The first-order chi connectivity index (χ1) is 6.81. The minimum Gasteiger partial charge on any atom is -0.454 e. The maximum Gasteiger partial charge on any atom is 0.231 e. The smallest absolute Gasteiger partial charge is 0.231 e. The average Bonchev–Trinajstić information content (AvgIpc) is 2.64. The fraction of sp³-hybridized carbons (Fsp3) is 0.333. The molecule has 1 atom stereocenters. The highest BCUT2D eigenvalue weighted by Gasteiger charge is 2.14. The molecule has 2 rings (SSSR count). The van der Waals surface area contributed by atoms with Gasteiger partial charge in [0.2, 0.25) is 6.79 Å². The third-order valence-corrected chi connectivity index (χ3v) is 2.49. The van der Waals surface area contributed by atoms with Gasteiger partial charge < -0.3 is 9.47 Å². The first-order valence-corrected chi connectivity index (χ1v) is 4.81. The highest BCUT2D eigenvalue weighted by Crippen LogP contribution is 2.35. The molecule has 1 aromatic rings. The van der Waals surface area contributed by atoms with Crippen molar-refractivity contribution in [1.29, 1.82) is 0 Å². The van der Waals surface area contributed by atoms with Gasteiger partial charge in [-0.1, -0.05) is 19.1 Å². The normalized spacial score (nSPS) is 15.2. The van der Waals surface area contributed by atoms with E-state index >= 15 is 0 Å². The lowest BCUT2D eigenvalue weighted by atomic mass is 9.97.